The van der Waals surface area contributed by atoms with Crippen molar-refractivity contribution in [3.8, 4) is 0 Å². The van der Waals surface area contributed by atoms with E-state index in [1.165, 1.54) is 6.21 Å². The molecule has 0 heterocycles. The lowest BCUT2D eigenvalue weighted by molar-refractivity contribution is 0.0975. The van der Waals surface area contributed by atoms with Crippen molar-refractivity contribution >= 4 is 59.1 Å². The number of guanidine groups is 1. The lowest BCUT2D eigenvalue weighted by Crippen LogP contribution is -2.38. The molecule has 0 aliphatic heterocycles. The molecular weight excluding hydrogens is 457 g/mol. The van der Waals surface area contributed by atoms with Gasteiger partial charge in [0.1, 0.15) is 0 Å². The van der Waals surface area contributed by atoms with E-state index < -0.39 is 5.91 Å². The second-order valence-electron chi connectivity index (χ2n) is 6.13. The molecule has 0 aromatic heterocycles. The Labute approximate surface area is 194 Å². The second kappa shape index (κ2) is 11.3. The minimum absolute atomic E-state index is 0.0374. The van der Waals surface area contributed by atoms with Crippen molar-refractivity contribution < 1.29 is 4.79 Å². The van der Waals surface area contributed by atoms with Gasteiger partial charge in [-0.25, -0.2) is 5.43 Å². The van der Waals surface area contributed by atoms with Gasteiger partial charge < -0.3 is 0 Å². The van der Waals surface area contributed by atoms with E-state index >= 15 is 0 Å². The van der Waals surface area contributed by atoms with E-state index in [1.54, 1.807) is 79.0 Å². The SMILES string of the molecule is O=C(NC(=N/N=C/c1ccc(Cl)cc1)N/N=C/c1ccc(Cl)cc1)c1ccc(Cl)cc1. The number of amides is 1. The Morgan fingerprint density at radius 2 is 1.19 bits per heavy atom. The molecule has 0 aliphatic carbocycles. The van der Waals surface area contributed by atoms with Gasteiger partial charge in [-0.05, 0) is 59.7 Å². The molecule has 0 spiro atoms. The zero-order chi connectivity index (χ0) is 22.1. The van der Waals surface area contributed by atoms with E-state index in [4.69, 9.17) is 34.8 Å². The van der Waals surface area contributed by atoms with E-state index in [9.17, 15) is 4.79 Å². The van der Waals surface area contributed by atoms with Gasteiger partial charge in [-0.1, -0.05) is 59.1 Å². The normalized spacial score (nSPS) is 11.8. The van der Waals surface area contributed by atoms with Gasteiger partial charge in [0.15, 0.2) is 0 Å². The predicted molar refractivity (Wildman–Crippen MR) is 128 cm³/mol. The third kappa shape index (κ3) is 7.53. The highest BCUT2D eigenvalue weighted by molar-refractivity contribution is 6.31. The second-order valence-corrected chi connectivity index (χ2v) is 7.44. The van der Waals surface area contributed by atoms with Crippen LogP contribution in [0, 0.1) is 0 Å². The average Bonchev–Trinajstić information content (AvgIpc) is 2.77. The highest BCUT2D eigenvalue weighted by Gasteiger charge is 2.08. The van der Waals surface area contributed by atoms with E-state index in [0.717, 1.165) is 11.1 Å². The molecular formula is C22H16Cl3N5O. The molecule has 0 unspecified atom stereocenters. The van der Waals surface area contributed by atoms with Crippen molar-refractivity contribution in [1.82, 2.24) is 10.7 Å². The molecule has 0 aliphatic rings. The van der Waals surface area contributed by atoms with Crippen LogP contribution < -0.4 is 10.7 Å². The zero-order valence-electron chi connectivity index (χ0n) is 16.0. The van der Waals surface area contributed by atoms with Crippen LogP contribution in [0.25, 0.3) is 0 Å². The molecule has 3 aromatic carbocycles. The summed E-state index contributed by atoms with van der Waals surface area (Å²) in [5.74, 6) is -0.360. The third-order valence-electron chi connectivity index (χ3n) is 3.83. The minimum atomic E-state index is -0.397. The fourth-order valence-corrected chi connectivity index (χ4v) is 2.65. The van der Waals surface area contributed by atoms with Gasteiger partial charge in [-0.15, -0.1) is 5.10 Å². The highest BCUT2D eigenvalue weighted by atomic mass is 35.5. The zero-order valence-corrected chi connectivity index (χ0v) is 18.2. The van der Waals surface area contributed by atoms with Gasteiger partial charge in [-0.2, -0.15) is 10.2 Å². The Kier molecular flexibility index (Phi) is 8.18. The first kappa shape index (κ1) is 22.5. The molecule has 0 saturated heterocycles. The van der Waals surface area contributed by atoms with Crippen molar-refractivity contribution in [2.45, 2.75) is 0 Å². The smallest absolute Gasteiger partial charge is 0.258 e. The summed E-state index contributed by atoms with van der Waals surface area (Å²) >= 11 is 17.6. The Morgan fingerprint density at radius 3 is 1.74 bits per heavy atom. The molecule has 0 atom stereocenters. The monoisotopic (exact) mass is 471 g/mol. The van der Waals surface area contributed by atoms with Crippen molar-refractivity contribution in [2.24, 2.45) is 15.3 Å². The fourth-order valence-electron chi connectivity index (χ4n) is 2.28. The summed E-state index contributed by atoms with van der Waals surface area (Å²) in [4.78, 5) is 12.5. The van der Waals surface area contributed by atoms with Crippen molar-refractivity contribution in [1.29, 1.82) is 0 Å². The Bertz CT molecular complexity index is 1110. The van der Waals surface area contributed by atoms with Crippen LogP contribution in [0.3, 0.4) is 0 Å². The maximum absolute atomic E-state index is 12.5. The number of hydrogen-bond donors (Lipinski definition) is 2. The van der Waals surface area contributed by atoms with Crippen LogP contribution in [0.15, 0.2) is 88.1 Å². The van der Waals surface area contributed by atoms with Crippen molar-refractivity contribution in [3.05, 3.63) is 105 Å². The summed E-state index contributed by atoms with van der Waals surface area (Å²) in [6, 6.07) is 20.6. The lowest BCUT2D eigenvalue weighted by Gasteiger charge is -2.07. The Hall–Kier alpha value is -3.19. The number of benzene rings is 3. The molecule has 0 saturated carbocycles. The average molecular weight is 473 g/mol. The molecule has 31 heavy (non-hydrogen) atoms. The first-order valence-corrected chi connectivity index (χ1v) is 10.1. The van der Waals surface area contributed by atoms with Gasteiger partial charge in [0.05, 0.1) is 12.4 Å². The fraction of sp³-hybridized carbons (Fsp3) is 0. The molecule has 3 rings (SSSR count). The molecule has 0 bridgehead atoms. The Balaban J connectivity index is 1.74. The first-order valence-electron chi connectivity index (χ1n) is 8.98. The van der Waals surface area contributed by atoms with Crippen LogP contribution in [0.5, 0.6) is 0 Å². The Morgan fingerprint density at radius 1 is 0.710 bits per heavy atom. The van der Waals surface area contributed by atoms with Crippen LogP contribution in [0.2, 0.25) is 15.1 Å². The van der Waals surface area contributed by atoms with Crippen LogP contribution in [-0.4, -0.2) is 24.3 Å². The van der Waals surface area contributed by atoms with Gasteiger partial charge in [0, 0.05) is 20.6 Å². The molecule has 6 nitrogen and oxygen atoms in total. The third-order valence-corrected chi connectivity index (χ3v) is 4.58. The summed E-state index contributed by atoms with van der Waals surface area (Å²) < 4.78 is 0. The van der Waals surface area contributed by atoms with Gasteiger partial charge in [-0.3, -0.25) is 10.1 Å². The van der Waals surface area contributed by atoms with Crippen molar-refractivity contribution in [3.63, 3.8) is 0 Å². The standard InChI is InChI=1S/C22H16Cl3N5O/c23-18-7-1-15(2-8-18)13-26-29-22(28-21(31)17-5-11-20(25)12-6-17)30-27-14-16-3-9-19(24)10-4-16/h1-14H,(H2,28,29,30,31)/b26-13+,27-14+. The van der Waals surface area contributed by atoms with Crippen LogP contribution >= 0.6 is 34.8 Å². The number of hydrazone groups is 1. The largest absolute Gasteiger partial charge is 0.290 e. The molecule has 1 amide bonds. The highest BCUT2D eigenvalue weighted by Crippen LogP contribution is 2.10. The lowest BCUT2D eigenvalue weighted by atomic mass is 10.2. The van der Waals surface area contributed by atoms with Crippen molar-refractivity contribution in [2.75, 3.05) is 0 Å². The van der Waals surface area contributed by atoms with Crippen LogP contribution in [-0.2, 0) is 0 Å². The van der Waals surface area contributed by atoms with E-state index in [1.807, 2.05) is 0 Å². The van der Waals surface area contributed by atoms with Crippen LogP contribution in [0.4, 0.5) is 0 Å². The number of carbonyl (C=O) groups is 1. The predicted octanol–water partition coefficient (Wildman–Crippen LogP) is 5.39. The number of nitrogens with one attached hydrogen (secondary N) is 2. The quantitative estimate of drug-likeness (QED) is 0.297. The number of nitrogens with zero attached hydrogens (tertiary/aromatic N) is 3. The number of carbonyl (C=O) groups excluding carboxylic acids is 1. The molecule has 9 heteroatoms. The van der Waals surface area contributed by atoms with Gasteiger partial charge in [0.25, 0.3) is 5.91 Å². The van der Waals surface area contributed by atoms with Gasteiger partial charge >= 0.3 is 0 Å². The van der Waals surface area contributed by atoms with E-state index in [0.29, 0.717) is 20.6 Å². The summed E-state index contributed by atoms with van der Waals surface area (Å²) in [5.41, 5.74) is 4.69. The summed E-state index contributed by atoms with van der Waals surface area (Å²) in [7, 11) is 0. The van der Waals surface area contributed by atoms with E-state index in [2.05, 4.69) is 26.0 Å². The summed E-state index contributed by atoms with van der Waals surface area (Å²) in [5, 5.41) is 16.5. The maximum Gasteiger partial charge on any atom is 0.258 e. The minimum Gasteiger partial charge on any atom is -0.290 e. The molecule has 0 radical (unpaired) electrons. The van der Waals surface area contributed by atoms with Gasteiger partial charge in [0.2, 0.25) is 5.96 Å². The number of rotatable bonds is 5. The van der Waals surface area contributed by atoms with Crippen LogP contribution in [0.1, 0.15) is 21.5 Å². The molecule has 0 fully saturated rings. The summed E-state index contributed by atoms with van der Waals surface area (Å²) in [6.45, 7) is 0. The molecule has 156 valence electrons. The topological polar surface area (TPSA) is 78.2 Å². The molecule has 2 N–H and O–H groups in total. The summed E-state index contributed by atoms with van der Waals surface area (Å²) in [6.07, 6.45) is 3.08. The van der Waals surface area contributed by atoms with E-state index in [-0.39, 0.29) is 5.96 Å². The first-order chi connectivity index (χ1) is 15.0. The number of hydrogen-bond acceptors (Lipinski definition) is 4. The number of halogens is 3. The maximum atomic E-state index is 12.5. The molecule has 3 aromatic rings.